The zero-order chi connectivity index (χ0) is 15.4. The number of thiophene rings is 1. The Morgan fingerprint density at radius 1 is 1.36 bits per heavy atom. The van der Waals surface area contributed by atoms with Crippen LogP contribution in [0.5, 0.6) is 0 Å². The molecule has 22 heavy (non-hydrogen) atoms. The van der Waals surface area contributed by atoms with Gasteiger partial charge in [0.1, 0.15) is 6.10 Å². The molecule has 0 saturated carbocycles. The first-order valence-electron chi connectivity index (χ1n) is 7.23. The van der Waals surface area contributed by atoms with Gasteiger partial charge in [-0.05, 0) is 59.9 Å². The quantitative estimate of drug-likeness (QED) is 0.759. The number of hydrogen-bond donors (Lipinski definition) is 1. The first-order valence-corrected chi connectivity index (χ1v) is 10.3. The van der Waals surface area contributed by atoms with Crippen molar-refractivity contribution >= 4 is 44.6 Å². The van der Waals surface area contributed by atoms with Gasteiger partial charge in [0.2, 0.25) is 0 Å². The van der Waals surface area contributed by atoms with E-state index in [0.717, 1.165) is 18.7 Å². The van der Waals surface area contributed by atoms with Gasteiger partial charge < -0.3 is 10.1 Å². The average Bonchev–Trinajstić information content (AvgIpc) is 2.95. The number of nitrogens with one attached hydrogen (secondary N) is 1. The standard InChI is InChI=1S/C16H18N2OS3/c1-3-17-16-18-14-7-6-13(10-12(14)9-11(2)19-16)21-22-15-5-4-8-20-15/h4-8,10-11H,3,9H2,1-2H3,(H,17,18). The molecule has 6 heteroatoms. The first kappa shape index (κ1) is 15.8. The molecule has 0 spiro atoms. The summed E-state index contributed by atoms with van der Waals surface area (Å²) in [6, 6.07) is 11.4. The molecule has 0 amide bonds. The molecule has 1 atom stereocenters. The van der Waals surface area contributed by atoms with E-state index in [1.807, 2.05) is 6.92 Å². The molecule has 0 bridgehead atoms. The van der Waals surface area contributed by atoms with E-state index in [0.29, 0.717) is 6.02 Å². The van der Waals surface area contributed by atoms with Crippen LogP contribution < -0.4 is 5.32 Å². The minimum atomic E-state index is 0.129. The number of benzene rings is 1. The molecular weight excluding hydrogens is 332 g/mol. The maximum Gasteiger partial charge on any atom is 0.289 e. The fraction of sp³-hybridized carbons (Fsp3) is 0.312. The largest absolute Gasteiger partial charge is 0.462 e. The highest BCUT2D eigenvalue weighted by Gasteiger charge is 2.18. The van der Waals surface area contributed by atoms with Crippen LogP contribution in [0.4, 0.5) is 5.69 Å². The van der Waals surface area contributed by atoms with Gasteiger partial charge in [-0.25, -0.2) is 4.99 Å². The molecule has 0 aliphatic carbocycles. The molecule has 2 aromatic rings. The van der Waals surface area contributed by atoms with Gasteiger partial charge in [0.15, 0.2) is 0 Å². The maximum absolute atomic E-state index is 5.82. The van der Waals surface area contributed by atoms with Crippen molar-refractivity contribution in [3.05, 3.63) is 41.3 Å². The summed E-state index contributed by atoms with van der Waals surface area (Å²) in [7, 11) is 3.60. The van der Waals surface area contributed by atoms with Crippen molar-refractivity contribution in [1.82, 2.24) is 0 Å². The molecule has 0 saturated heterocycles. The monoisotopic (exact) mass is 350 g/mol. The van der Waals surface area contributed by atoms with Crippen LogP contribution in [0.15, 0.2) is 49.8 Å². The van der Waals surface area contributed by atoms with E-state index in [1.165, 1.54) is 14.7 Å². The highest BCUT2D eigenvalue weighted by molar-refractivity contribution is 8.77. The van der Waals surface area contributed by atoms with Crippen LogP contribution in [0, 0.1) is 0 Å². The number of amidine groups is 1. The molecule has 1 unspecified atom stereocenters. The summed E-state index contributed by atoms with van der Waals surface area (Å²) in [6.45, 7) is 4.81. The molecule has 1 aliphatic heterocycles. The van der Waals surface area contributed by atoms with Gasteiger partial charge in [-0.3, -0.25) is 0 Å². The minimum Gasteiger partial charge on any atom is -0.462 e. The molecule has 1 aromatic carbocycles. The number of hydrogen-bond acceptors (Lipinski definition) is 5. The molecule has 1 aliphatic rings. The third-order valence-electron chi connectivity index (χ3n) is 3.16. The second-order valence-electron chi connectivity index (χ2n) is 4.95. The Bertz CT molecular complexity index is 655. The topological polar surface area (TPSA) is 33.6 Å². The number of aliphatic imine (C=N–C) groups is 1. The lowest BCUT2D eigenvalue weighted by Crippen LogP contribution is -2.19. The van der Waals surface area contributed by atoms with Crippen LogP contribution in [0.1, 0.15) is 19.4 Å². The number of rotatable bonds is 4. The smallest absolute Gasteiger partial charge is 0.289 e. The number of fused-ring (bicyclic) bond motifs is 1. The molecular formula is C16H18N2OS3. The normalized spacial score (nSPS) is 19.2. The lowest BCUT2D eigenvalue weighted by molar-refractivity contribution is 0.210. The van der Waals surface area contributed by atoms with E-state index in [4.69, 9.17) is 4.74 Å². The zero-order valence-corrected chi connectivity index (χ0v) is 15.0. The van der Waals surface area contributed by atoms with E-state index in [-0.39, 0.29) is 6.10 Å². The molecule has 1 N–H and O–H groups in total. The van der Waals surface area contributed by atoms with Gasteiger partial charge in [0, 0.05) is 23.5 Å². The second-order valence-corrected chi connectivity index (χ2v) is 8.41. The predicted octanol–water partition coefficient (Wildman–Crippen LogP) is 5.30. The summed E-state index contributed by atoms with van der Waals surface area (Å²) in [6.07, 6.45) is 1.02. The minimum absolute atomic E-state index is 0.129. The Morgan fingerprint density at radius 3 is 3.05 bits per heavy atom. The molecule has 0 radical (unpaired) electrons. The van der Waals surface area contributed by atoms with E-state index < -0.39 is 0 Å². The van der Waals surface area contributed by atoms with Gasteiger partial charge in [-0.1, -0.05) is 16.9 Å². The van der Waals surface area contributed by atoms with E-state index in [2.05, 4.69) is 52.9 Å². The van der Waals surface area contributed by atoms with Crippen molar-refractivity contribution in [2.24, 2.45) is 4.99 Å². The fourth-order valence-corrected chi connectivity index (χ4v) is 5.29. The third-order valence-corrected chi connectivity index (χ3v) is 6.87. The molecule has 116 valence electrons. The van der Waals surface area contributed by atoms with Gasteiger partial charge in [0.25, 0.3) is 6.02 Å². The highest BCUT2D eigenvalue weighted by atomic mass is 33.1. The van der Waals surface area contributed by atoms with Crippen LogP contribution in [0.3, 0.4) is 0 Å². The Kier molecular flexibility index (Phi) is 5.33. The third kappa shape index (κ3) is 4.00. The van der Waals surface area contributed by atoms with E-state index >= 15 is 0 Å². The SMILES string of the molecule is CCN=C1Nc2ccc(SSc3cccs3)cc2CC(C)O1. The molecule has 1 aromatic heterocycles. The summed E-state index contributed by atoms with van der Waals surface area (Å²) in [5.41, 5.74) is 2.38. The summed E-state index contributed by atoms with van der Waals surface area (Å²) < 4.78 is 7.15. The number of anilines is 1. The number of nitrogens with zero attached hydrogens (tertiary/aromatic N) is 1. The van der Waals surface area contributed by atoms with Gasteiger partial charge in [-0.2, -0.15) is 0 Å². The maximum atomic E-state index is 5.82. The Hall–Kier alpha value is -1.11. The average molecular weight is 351 g/mol. The Labute approximate surface area is 143 Å². The first-order chi connectivity index (χ1) is 10.7. The molecule has 3 nitrogen and oxygen atoms in total. The van der Waals surface area contributed by atoms with Crippen LogP contribution >= 0.6 is 32.9 Å². The van der Waals surface area contributed by atoms with Crippen molar-refractivity contribution in [1.29, 1.82) is 0 Å². The summed E-state index contributed by atoms with van der Waals surface area (Å²) >= 11 is 1.77. The van der Waals surface area contributed by atoms with E-state index in [9.17, 15) is 0 Å². The predicted molar refractivity (Wildman–Crippen MR) is 98.3 cm³/mol. The summed E-state index contributed by atoms with van der Waals surface area (Å²) in [4.78, 5) is 5.63. The van der Waals surface area contributed by atoms with Crippen molar-refractivity contribution in [3.8, 4) is 0 Å². The van der Waals surface area contributed by atoms with E-state index in [1.54, 1.807) is 32.9 Å². The molecule has 0 fully saturated rings. The summed E-state index contributed by atoms with van der Waals surface area (Å²) in [5, 5.41) is 5.41. The van der Waals surface area contributed by atoms with Gasteiger partial charge in [0.05, 0.1) is 4.21 Å². The highest BCUT2D eigenvalue weighted by Crippen LogP contribution is 2.40. The van der Waals surface area contributed by atoms with Gasteiger partial charge >= 0.3 is 0 Å². The lowest BCUT2D eigenvalue weighted by atomic mass is 10.1. The molecule has 2 heterocycles. The van der Waals surface area contributed by atoms with Crippen molar-refractivity contribution in [2.75, 3.05) is 11.9 Å². The van der Waals surface area contributed by atoms with Crippen LogP contribution in [-0.2, 0) is 11.2 Å². The summed E-state index contributed by atoms with van der Waals surface area (Å²) in [5.74, 6) is 0. The fourth-order valence-electron chi connectivity index (χ4n) is 2.22. The molecule has 3 rings (SSSR count). The lowest BCUT2D eigenvalue weighted by Gasteiger charge is -2.11. The van der Waals surface area contributed by atoms with Crippen LogP contribution in [0.2, 0.25) is 0 Å². The number of ether oxygens (including phenoxy) is 1. The van der Waals surface area contributed by atoms with Crippen molar-refractivity contribution < 1.29 is 4.74 Å². The van der Waals surface area contributed by atoms with Crippen molar-refractivity contribution in [3.63, 3.8) is 0 Å². The van der Waals surface area contributed by atoms with Crippen LogP contribution in [-0.4, -0.2) is 18.7 Å². The second kappa shape index (κ2) is 7.44. The zero-order valence-electron chi connectivity index (χ0n) is 12.5. The van der Waals surface area contributed by atoms with Crippen LogP contribution in [0.25, 0.3) is 0 Å². The Balaban J connectivity index is 1.76. The van der Waals surface area contributed by atoms with Gasteiger partial charge in [-0.15, -0.1) is 11.3 Å². The Morgan fingerprint density at radius 2 is 2.27 bits per heavy atom. The van der Waals surface area contributed by atoms with Crippen molar-refractivity contribution in [2.45, 2.75) is 35.5 Å².